The van der Waals surface area contributed by atoms with Crippen LogP contribution in [0.25, 0.3) is 17.1 Å². The van der Waals surface area contributed by atoms with Gasteiger partial charge in [-0.15, -0.1) is 10.2 Å². The number of hydrogen-bond acceptors (Lipinski definition) is 6. The number of hydrogen-bond donors (Lipinski definition) is 0. The molecule has 0 aliphatic carbocycles. The predicted octanol–water partition coefficient (Wildman–Crippen LogP) is 4.99. The van der Waals surface area contributed by atoms with Crippen LogP contribution < -0.4 is 0 Å². The molecule has 0 bridgehead atoms. The van der Waals surface area contributed by atoms with Crippen molar-refractivity contribution in [3.8, 4) is 17.1 Å². The fourth-order valence-electron chi connectivity index (χ4n) is 2.69. The average molecular weight is 442 g/mol. The number of aromatic nitrogens is 5. The minimum atomic E-state index is 0.519. The molecule has 2 heterocycles. The first kappa shape index (κ1) is 17.9. The highest BCUT2D eigenvalue weighted by Gasteiger charge is 2.15. The first-order chi connectivity index (χ1) is 13.1. The van der Waals surface area contributed by atoms with E-state index in [2.05, 4.69) is 55.3 Å². The van der Waals surface area contributed by atoms with Crippen molar-refractivity contribution in [3.63, 3.8) is 0 Å². The van der Waals surface area contributed by atoms with E-state index >= 15 is 0 Å². The Labute approximate surface area is 169 Å². The van der Waals surface area contributed by atoms with Crippen LogP contribution in [0.3, 0.4) is 0 Å². The molecule has 0 fully saturated rings. The summed E-state index contributed by atoms with van der Waals surface area (Å²) in [4.78, 5) is 4.48. The first-order valence-electron chi connectivity index (χ1n) is 8.30. The van der Waals surface area contributed by atoms with Crippen molar-refractivity contribution >= 4 is 27.7 Å². The summed E-state index contributed by atoms with van der Waals surface area (Å²) in [5, 5.41) is 13.4. The maximum Gasteiger partial charge on any atom is 0.237 e. The van der Waals surface area contributed by atoms with Crippen LogP contribution in [0.4, 0.5) is 0 Å². The fraction of sp³-hybridized carbons (Fsp3) is 0.158. The van der Waals surface area contributed by atoms with Gasteiger partial charge < -0.3 is 4.52 Å². The molecule has 0 spiro atoms. The van der Waals surface area contributed by atoms with Crippen LogP contribution in [0.15, 0.2) is 62.7 Å². The number of aryl methyl sites for hydroxylation is 2. The lowest BCUT2D eigenvalue weighted by molar-refractivity contribution is 0.391. The van der Waals surface area contributed by atoms with Crippen LogP contribution >= 0.6 is 27.7 Å². The van der Waals surface area contributed by atoms with Gasteiger partial charge >= 0.3 is 0 Å². The molecule has 0 aliphatic rings. The number of halogens is 1. The summed E-state index contributed by atoms with van der Waals surface area (Å²) >= 11 is 4.97. The normalized spacial score (nSPS) is 11.1. The van der Waals surface area contributed by atoms with Gasteiger partial charge in [-0.25, -0.2) is 0 Å². The second kappa shape index (κ2) is 7.66. The molecule has 2 aromatic heterocycles. The van der Waals surface area contributed by atoms with Crippen molar-refractivity contribution < 1.29 is 4.52 Å². The van der Waals surface area contributed by atoms with Crippen LogP contribution in [0.1, 0.15) is 17.3 Å². The van der Waals surface area contributed by atoms with E-state index in [1.54, 1.807) is 0 Å². The molecule has 0 aliphatic heterocycles. The lowest BCUT2D eigenvalue weighted by atomic mass is 10.2. The molecular weight excluding hydrogens is 426 g/mol. The third-order valence-corrected chi connectivity index (χ3v) is 5.34. The monoisotopic (exact) mass is 441 g/mol. The summed E-state index contributed by atoms with van der Waals surface area (Å²) in [5.74, 6) is 2.48. The third kappa shape index (κ3) is 3.96. The molecule has 27 heavy (non-hydrogen) atoms. The standard InChI is InChI=1S/C19H16BrN5OS/c1-12-5-3-8-16(9-12)25-13(2)22-23-19(25)27-11-17-21-18(24-26-17)14-6-4-7-15(20)10-14/h3-10H,11H2,1-2H3. The number of benzene rings is 2. The zero-order valence-corrected chi connectivity index (χ0v) is 17.2. The maximum absolute atomic E-state index is 5.40. The van der Waals surface area contributed by atoms with Gasteiger partial charge in [0.2, 0.25) is 11.7 Å². The molecule has 2 aromatic carbocycles. The number of thioether (sulfide) groups is 1. The topological polar surface area (TPSA) is 69.6 Å². The van der Waals surface area contributed by atoms with Crippen molar-refractivity contribution in [1.29, 1.82) is 0 Å². The van der Waals surface area contributed by atoms with E-state index in [4.69, 9.17) is 4.52 Å². The Morgan fingerprint density at radius 3 is 2.74 bits per heavy atom. The van der Waals surface area contributed by atoms with Crippen molar-refractivity contribution in [1.82, 2.24) is 24.9 Å². The summed E-state index contributed by atoms with van der Waals surface area (Å²) in [7, 11) is 0. The molecule has 0 saturated heterocycles. The predicted molar refractivity (Wildman–Crippen MR) is 108 cm³/mol. The molecule has 4 rings (SSSR count). The van der Waals surface area contributed by atoms with Crippen molar-refractivity contribution in [2.24, 2.45) is 0 Å². The number of nitrogens with zero attached hydrogens (tertiary/aromatic N) is 5. The van der Waals surface area contributed by atoms with Crippen LogP contribution in [-0.4, -0.2) is 24.9 Å². The number of rotatable bonds is 5. The van der Waals surface area contributed by atoms with E-state index in [0.29, 0.717) is 17.5 Å². The van der Waals surface area contributed by atoms with Crippen molar-refractivity contribution in [3.05, 3.63) is 70.3 Å². The van der Waals surface area contributed by atoms with E-state index in [9.17, 15) is 0 Å². The summed E-state index contributed by atoms with van der Waals surface area (Å²) in [6, 6.07) is 16.1. The summed E-state index contributed by atoms with van der Waals surface area (Å²) in [6.45, 7) is 4.01. The fourth-order valence-corrected chi connectivity index (χ4v) is 3.92. The van der Waals surface area contributed by atoms with Crippen LogP contribution in [0.5, 0.6) is 0 Å². The molecular formula is C19H16BrN5OS. The van der Waals surface area contributed by atoms with E-state index in [-0.39, 0.29) is 0 Å². The Bertz CT molecular complexity index is 1090. The molecule has 0 saturated carbocycles. The quantitative estimate of drug-likeness (QED) is 0.406. The lowest BCUT2D eigenvalue weighted by Crippen LogP contribution is -1.99. The second-order valence-electron chi connectivity index (χ2n) is 6.01. The molecule has 8 heteroatoms. The van der Waals surface area contributed by atoms with Gasteiger partial charge in [-0.2, -0.15) is 4.98 Å². The van der Waals surface area contributed by atoms with E-state index < -0.39 is 0 Å². The Morgan fingerprint density at radius 1 is 1.07 bits per heavy atom. The smallest absolute Gasteiger partial charge is 0.237 e. The van der Waals surface area contributed by atoms with Gasteiger partial charge in [-0.3, -0.25) is 4.57 Å². The summed E-state index contributed by atoms with van der Waals surface area (Å²) in [6.07, 6.45) is 0. The molecule has 6 nitrogen and oxygen atoms in total. The molecule has 136 valence electrons. The Morgan fingerprint density at radius 2 is 1.93 bits per heavy atom. The molecule has 0 N–H and O–H groups in total. The zero-order valence-electron chi connectivity index (χ0n) is 14.8. The Balaban J connectivity index is 1.54. The maximum atomic E-state index is 5.40. The Kier molecular flexibility index (Phi) is 5.09. The van der Waals surface area contributed by atoms with E-state index in [1.165, 1.54) is 17.3 Å². The zero-order chi connectivity index (χ0) is 18.8. The highest BCUT2D eigenvalue weighted by Crippen LogP contribution is 2.26. The molecule has 0 unspecified atom stereocenters. The highest BCUT2D eigenvalue weighted by molar-refractivity contribution is 9.10. The molecule has 0 amide bonds. The Hall–Kier alpha value is -2.45. The third-order valence-electron chi connectivity index (χ3n) is 3.93. The largest absolute Gasteiger partial charge is 0.338 e. The van der Waals surface area contributed by atoms with Crippen molar-refractivity contribution in [2.45, 2.75) is 24.8 Å². The minimum Gasteiger partial charge on any atom is -0.338 e. The second-order valence-corrected chi connectivity index (χ2v) is 7.87. The SMILES string of the molecule is Cc1cccc(-n2c(C)nnc2SCc2nc(-c3cccc(Br)c3)no2)c1. The van der Waals surface area contributed by atoms with Gasteiger partial charge in [0.15, 0.2) is 5.16 Å². The molecule has 0 radical (unpaired) electrons. The van der Waals surface area contributed by atoms with Gasteiger partial charge in [0.1, 0.15) is 5.82 Å². The van der Waals surface area contributed by atoms with E-state index in [0.717, 1.165) is 26.7 Å². The average Bonchev–Trinajstić information content (AvgIpc) is 3.26. The summed E-state index contributed by atoms with van der Waals surface area (Å²) < 4.78 is 8.40. The summed E-state index contributed by atoms with van der Waals surface area (Å²) in [5.41, 5.74) is 3.13. The van der Waals surface area contributed by atoms with Gasteiger partial charge in [-0.05, 0) is 43.7 Å². The van der Waals surface area contributed by atoms with Crippen molar-refractivity contribution in [2.75, 3.05) is 0 Å². The van der Waals surface area contributed by atoms with Gasteiger partial charge in [0.05, 0.1) is 5.75 Å². The van der Waals surface area contributed by atoms with Gasteiger partial charge in [0, 0.05) is 15.7 Å². The first-order valence-corrected chi connectivity index (χ1v) is 10.1. The lowest BCUT2D eigenvalue weighted by Gasteiger charge is -2.08. The van der Waals surface area contributed by atoms with Gasteiger partial charge in [0.25, 0.3) is 0 Å². The molecule has 0 atom stereocenters. The minimum absolute atomic E-state index is 0.519. The highest BCUT2D eigenvalue weighted by atomic mass is 79.9. The molecule has 4 aromatic rings. The van der Waals surface area contributed by atoms with Crippen LogP contribution in [0.2, 0.25) is 0 Å². The van der Waals surface area contributed by atoms with Crippen LogP contribution in [0, 0.1) is 13.8 Å². The van der Waals surface area contributed by atoms with E-state index in [1.807, 2.05) is 47.9 Å². The van der Waals surface area contributed by atoms with Gasteiger partial charge in [-0.1, -0.05) is 57.1 Å². The van der Waals surface area contributed by atoms with Crippen LogP contribution in [-0.2, 0) is 5.75 Å².